The van der Waals surface area contributed by atoms with Crippen LogP contribution in [0, 0.1) is 0 Å². The molecule has 0 saturated heterocycles. The number of carbonyl (C=O) groups excluding carboxylic acids is 1. The van der Waals surface area contributed by atoms with E-state index in [1.54, 1.807) is 0 Å². The van der Waals surface area contributed by atoms with Crippen LogP contribution in [0.2, 0.25) is 5.02 Å². The largest absolute Gasteiger partial charge is 0.508 e. The smallest absolute Gasteiger partial charge is 0.417 e. The fourth-order valence-electron chi connectivity index (χ4n) is 2.45. The van der Waals surface area contributed by atoms with Gasteiger partial charge >= 0.3 is 6.18 Å². The highest BCUT2D eigenvalue weighted by Crippen LogP contribution is 2.36. The summed E-state index contributed by atoms with van der Waals surface area (Å²) in [5.41, 5.74) is -0.859. The number of phenolic OH excluding ortho intramolecular Hbond substituents is 1. The molecule has 0 aliphatic heterocycles. The number of benzene rings is 1. The summed E-state index contributed by atoms with van der Waals surface area (Å²) in [5, 5.41) is 9.28. The topological polar surface area (TPSA) is 137 Å². The number of aromatic hydroxyl groups is 1. The van der Waals surface area contributed by atoms with Crippen molar-refractivity contribution in [3.8, 4) is 17.4 Å². The van der Waals surface area contributed by atoms with Crippen molar-refractivity contribution in [1.29, 1.82) is 0 Å². The number of ether oxygens (including phenoxy) is 1. The lowest BCUT2D eigenvalue weighted by Gasteiger charge is -2.12. The molecular weight excluding hydrogens is 489 g/mol. The second-order valence-corrected chi connectivity index (χ2v) is 8.91. The van der Waals surface area contributed by atoms with Gasteiger partial charge in [-0.25, -0.2) is 18.1 Å². The predicted molar refractivity (Wildman–Crippen MR) is 117 cm³/mol. The predicted octanol–water partition coefficient (Wildman–Crippen LogP) is 4.08. The van der Waals surface area contributed by atoms with Gasteiger partial charge in [-0.2, -0.15) is 13.2 Å². The number of nitrogens with one attached hydrogen (secondary N) is 1. The average Bonchev–Trinajstić information content (AvgIpc) is 2.68. The van der Waals surface area contributed by atoms with E-state index in [9.17, 15) is 31.5 Å². The maximum atomic E-state index is 12.8. The molecule has 33 heavy (non-hydrogen) atoms. The normalized spacial score (nSPS) is 11.8. The zero-order valence-electron chi connectivity index (χ0n) is 17.3. The van der Waals surface area contributed by atoms with Crippen molar-refractivity contribution in [2.24, 2.45) is 0 Å². The highest BCUT2D eigenvalue weighted by atomic mass is 35.5. The van der Waals surface area contributed by atoms with Crippen molar-refractivity contribution in [3.05, 3.63) is 52.7 Å². The minimum Gasteiger partial charge on any atom is -0.508 e. The van der Waals surface area contributed by atoms with Gasteiger partial charge in [0.05, 0.1) is 11.3 Å². The first-order valence-corrected chi connectivity index (χ1v) is 11.4. The van der Waals surface area contributed by atoms with Gasteiger partial charge in [-0.15, -0.1) is 0 Å². The van der Waals surface area contributed by atoms with E-state index in [-0.39, 0.29) is 34.2 Å². The number of carbonyl (C=O) groups is 1. The minimum atomic E-state index is -4.64. The first-order chi connectivity index (χ1) is 14.9. The molecule has 8 nitrogen and oxygen atoms in total. The Hall–Kier alpha value is -2.83. The third-order valence-electron chi connectivity index (χ3n) is 4.03. The molecule has 4 N–H and O–H groups in total. The van der Waals surface area contributed by atoms with Gasteiger partial charge in [-0.3, -0.25) is 4.79 Å². The lowest BCUT2D eigenvalue weighted by atomic mass is 10.1. The first-order valence-electron chi connectivity index (χ1n) is 9.37. The van der Waals surface area contributed by atoms with Crippen molar-refractivity contribution in [3.63, 3.8) is 0 Å². The number of rotatable bonds is 9. The lowest BCUT2D eigenvalue weighted by Crippen LogP contribution is -2.31. The summed E-state index contributed by atoms with van der Waals surface area (Å²) >= 11 is 5.83. The molecule has 0 spiro atoms. The van der Waals surface area contributed by atoms with Crippen LogP contribution in [0.3, 0.4) is 0 Å². The van der Waals surface area contributed by atoms with Crippen LogP contribution < -0.4 is 9.46 Å². The number of hydrogen-bond acceptors (Lipinski definition) is 6. The Morgan fingerprint density at radius 2 is 1.97 bits per heavy atom. The van der Waals surface area contributed by atoms with E-state index in [0.717, 1.165) is 18.6 Å². The second-order valence-electron chi connectivity index (χ2n) is 6.66. The standard InChI is InChI=1S/C20H20ClF3N2O5S.H2O/c1-2-3-4-9-32(29,30)26-18(28)8-6-13-5-7-15(27)11-17(13)31-19-16(21)10-14(12-25-19)20(22,23)24;/h5-8,10-12,27H,2-4,9H2,1H3,(H,26,28);1H2/b8-6+;. The molecule has 1 amide bonds. The molecular formula is C20H22ClF3N2O6S. The zero-order chi connectivity index (χ0) is 23.9. The minimum absolute atomic E-state index is 0. The lowest BCUT2D eigenvalue weighted by molar-refractivity contribution is -0.137. The number of unbranched alkanes of at least 4 members (excludes halogenated alkanes) is 2. The van der Waals surface area contributed by atoms with Crippen molar-refractivity contribution in [2.75, 3.05) is 5.75 Å². The average molecular weight is 511 g/mol. The number of aromatic nitrogens is 1. The van der Waals surface area contributed by atoms with Crippen molar-refractivity contribution < 1.29 is 41.7 Å². The molecule has 0 radical (unpaired) electrons. The van der Waals surface area contributed by atoms with Crippen LogP contribution in [0.4, 0.5) is 13.2 Å². The van der Waals surface area contributed by atoms with Gasteiger partial charge in [-0.05, 0) is 30.7 Å². The highest BCUT2D eigenvalue weighted by molar-refractivity contribution is 7.90. The maximum absolute atomic E-state index is 12.8. The van der Waals surface area contributed by atoms with Gasteiger partial charge in [0.1, 0.15) is 16.5 Å². The first kappa shape index (κ1) is 28.2. The monoisotopic (exact) mass is 510 g/mol. The summed E-state index contributed by atoms with van der Waals surface area (Å²) in [4.78, 5) is 15.5. The molecule has 0 aliphatic rings. The van der Waals surface area contributed by atoms with E-state index in [2.05, 4.69) is 4.98 Å². The van der Waals surface area contributed by atoms with E-state index in [0.29, 0.717) is 25.1 Å². The summed E-state index contributed by atoms with van der Waals surface area (Å²) in [5.74, 6) is -1.75. The summed E-state index contributed by atoms with van der Waals surface area (Å²) in [6, 6.07) is 4.39. The molecule has 1 aromatic heterocycles. The van der Waals surface area contributed by atoms with Crippen LogP contribution in [0.25, 0.3) is 6.08 Å². The SMILES string of the molecule is CCCCCS(=O)(=O)NC(=O)/C=C/c1ccc(O)cc1Oc1ncc(C(F)(F)F)cc1Cl.O. The Morgan fingerprint density at radius 3 is 2.58 bits per heavy atom. The van der Waals surface area contributed by atoms with E-state index in [1.807, 2.05) is 11.6 Å². The van der Waals surface area contributed by atoms with Crippen LogP contribution in [0.5, 0.6) is 17.4 Å². The Morgan fingerprint density at radius 1 is 1.27 bits per heavy atom. The van der Waals surface area contributed by atoms with Gasteiger partial charge < -0.3 is 15.3 Å². The van der Waals surface area contributed by atoms with Gasteiger partial charge in [-0.1, -0.05) is 31.4 Å². The van der Waals surface area contributed by atoms with E-state index >= 15 is 0 Å². The molecule has 0 fully saturated rings. The Balaban J connectivity index is 0.00000544. The Labute approximate surface area is 193 Å². The van der Waals surface area contributed by atoms with E-state index in [1.165, 1.54) is 18.2 Å². The molecule has 2 aromatic rings. The number of nitrogens with zero attached hydrogens (tertiary/aromatic N) is 1. The third kappa shape index (κ3) is 8.91. The summed E-state index contributed by atoms with van der Waals surface area (Å²) in [6.07, 6.45) is 0.000902. The number of halogens is 4. The van der Waals surface area contributed by atoms with Crippen molar-refractivity contribution in [2.45, 2.75) is 32.4 Å². The molecule has 0 unspecified atom stereocenters. The number of alkyl halides is 3. The quantitative estimate of drug-likeness (QED) is 0.385. The summed E-state index contributed by atoms with van der Waals surface area (Å²) in [6.45, 7) is 1.92. The molecule has 0 bridgehead atoms. The Bertz CT molecular complexity index is 1110. The van der Waals surface area contributed by atoms with Crippen LogP contribution >= 0.6 is 11.6 Å². The van der Waals surface area contributed by atoms with Crippen LogP contribution in [-0.2, 0) is 21.0 Å². The molecule has 0 saturated carbocycles. The Kier molecular flexibility index (Phi) is 10.1. The van der Waals surface area contributed by atoms with Crippen LogP contribution in [-0.4, -0.2) is 35.6 Å². The van der Waals surface area contributed by atoms with Crippen molar-refractivity contribution in [1.82, 2.24) is 9.71 Å². The van der Waals surface area contributed by atoms with Crippen LogP contribution in [0.1, 0.15) is 37.3 Å². The molecule has 2 rings (SSSR count). The number of hydrogen-bond donors (Lipinski definition) is 2. The summed E-state index contributed by atoms with van der Waals surface area (Å²) < 4.78 is 69.4. The molecule has 1 heterocycles. The van der Waals surface area contributed by atoms with Gasteiger partial charge in [0.15, 0.2) is 0 Å². The maximum Gasteiger partial charge on any atom is 0.417 e. The number of sulfonamides is 1. The third-order valence-corrected chi connectivity index (χ3v) is 5.63. The van der Waals surface area contributed by atoms with Crippen LogP contribution in [0.15, 0.2) is 36.5 Å². The molecule has 13 heteroatoms. The second kappa shape index (κ2) is 11.9. The molecule has 0 atom stereocenters. The fraction of sp³-hybridized carbons (Fsp3) is 0.300. The molecule has 182 valence electrons. The highest BCUT2D eigenvalue weighted by Gasteiger charge is 2.32. The van der Waals surface area contributed by atoms with E-state index < -0.39 is 32.7 Å². The number of pyridine rings is 1. The van der Waals surface area contributed by atoms with Gasteiger partial charge in [0, 0.05) is 23.9 Å². The van der Waals surface area contributed by atoms with E-state index in [4.69, 9.17) is 16.3 Å². The van der Waals surface area contributed by atoms with Gasteiger partial charge in [0.2, 0.25) is 15.9 Å². The summed E-state index contributed by atoms with van der Waals surface area (Å²) in [7, 11) is -3.79. The molecule has 1 aromatic carbocycles. The zero-order valence-corrected chi connectivity index (χ0v) is 18.9. The number of phenols is 1. The molecule has 0 aliphatic carbocycles. The fourth-order valence-corrected chi connectivity index (χ4v) is 3.72. The van der Waals surface area contributed by atoms with Crippen molar-refractivity contribution >= 4 is 33.6 Å². The number of amides is 1. The van der Waals surface area contributed by atoms with Gasteiger partial charge in [0.25, 0.3) is 5.91 Å².